The SMILES string of the molecule is Clc1ccc2c(Cl)c3c4nc5nc(nc6[nH]c(nc7nc(nc([nH]4)c3cc2c1Cl)-c1c-7cc2ccc(Cl)c(Cl)c2c1Cl)c1cc2ccccc2cc61)-c1cc2ccc(Cl)c(Cl)c2c(Cl)c1-5. The van der Waals surface area contributed by atoms with E-state index in [4.69, 9.17) is 134 Å². The van der Waals surface area contributed by atoms with Crippen LogP contribution in [-0.2, 0) is 0 Å². The van der Waals surface area contributed by atoms with Gasteiger partial charge in [-0.05, 0) is 70.1 Å². The summed E-state index contributed by atoms with van der Waals surface area (Å²) in [5, 5.41) is 11.2. The summed E-state index contributed by atoms with van der Waals surface area (Å²) in [4.78, 5) is 38.0. The Balaban J connectivity index is 1.27. The molecule has 8 nitrogen and oxygen atoms in total. The van der Waals surface area contributed by atoms with Crippen molar-refractivity contribution in [2.45, 2.75) is 0 Å². The molecule has 0 saturated heterocycles. The van der Waals surface area contributed by atoms with E-state index in [2.05, 4.69) is 22.1 Å². The summed E-state index contributed by atoms with van der Waals surface area (Å²) >= 11 is 62.4. The van der Waals surface area contributed by atoms with Crippen molar-refractivity contribution in [3.8, 4) is 45.6 Å². The zero-order chi connectivity index (χ0) is 44.3. The van der Waals surface area contributed by atoms with Crippen LogP contribution in [0.1, 0.15) is 0 Å². The number of hydrogen-bond donors (Lipinski definition) is 2. The maximum atomic E-state index is 7.38. The number of aromatic nitrogens is 8. The van der Waals surface area contributed by atoms with Gasteiger partial charge in [-0.1, -0.05) is 147 Å². The quantitative estimate of drug-likeness (QED) is 0.157. The number of fused-ring (bicyclic) bond motifs is 24. The first-order chi connectivity index (χ1) is 31.4. The standard InChI is InChI=1S/C48H17Cl9N8/c49-27-10-7-20-21(35(27)52)15-26-32(36(20)53)46-63-45(26)64-47-33-24(13-18-5-8-28(50)37(54)30(18)39(33)56)43(61-47)59-41-22-11-16-3-1-2-4-17(16)12-23(22)42(58-41)60-44-25-14-19-6-9-29(51)38(55)31(19)40(57)34(25)48(62-44)65-46/h1-15H,(H2,58,59,60,61,62,63,64,65). The van der Waals surface area contributed by atoms with Crippen molar-refractivity contribution in [3.63, 3.8) is 0 Å². The van der Waals surface area contributed by atoms with Crippen molar-refractivity contribution in [2.75, 3.05) is 0 Å². The van der Waals surface area contributed by atoms with Gasteiger partial charge in [-0.3, -0.25) is 0 Å². The van der Waals surface area contributed by atoms with E-state index in [-0.39, 0.29) is 31.7 Å². The van der Waals surface area contributed by atoms with Crippen LogP contribution in [0, 0.1) is 0 Å². The van der Waals surface area contributed by atoms with E-state index in [0.29, 0.717) is 114 Å². The molecule has 11 aromatic rings. The normalized spacial score (nSPS) is 12.4. The van der Waals surface area contributed by atoms with Crippen LogP contribution in [0.25, 0.3) is 133 Å². The van der Waals surface area contributed by atoms with Crippen LogP contribution in [0.15, 0.2) is 91.0 Å². The average molecular weight is 1020 g/mol. The fourth-order valence-electron chi connectivity index (χ4n) is 8.99. The van der Waals surface area contributed by atoms with Gasteiger partial charge in [0.2, 0.25) is 0 Å². The van der Waals surface area contributed by atoms with Gasteiger partial charge in [-0.2, -0.15) is 0 Å². The summed E-state index contributed by atoms with van der Waals surface area (Å²) in [7, 11) is 0. The summed E-state index contributed by atoms with van der Waals surface area (Å²) in [6.45, 7) is 0. The van der Waals surface area contributed by atoms with Gasteiger partial charge in [0, 0.05) is 65.3 Å². The smallest absolute Gasteiger partial charge is 0.166 e. The molecule has 5 heterocycles. The van der Waals surface area contributed by atoms with E-state index in [0.717, 1.165) is 32.3 Å². The Morgan fingerprint density at radius 2 is 0.769 bits per heavy atom. The van der Waals surface area contributed by atoms with Crippen LogP contribution in [0.3, 0.4) is 0 Å². The summed E-state index contributed by atoms with van der Waals surface area (Å²) in [5.41, 5.74) is 3.76. The Morgan fingerprint density at radius 1 is 0.308 bits per heavy atom. The Bertz CT molecular complexity index is 4260. The molecule has 3 aromatic heterocycles. The molecular weight excluding hydrogens is 1010 g/mol. The molecule has 65 heavy (non-hydrogen) atoms. The monoisotopic (exact) mass is 1020 g/mol. The van der Waals surface area contributed by atoms with E-state index < -0.39 is 0 Å². The molecule has 0 fully saturated rings. The van der Waals surface area contributed by atoms with Gasteiger partial charge in [-0.15, -0.1) is 0 Å². The lowest BCUT2D eigenvalue weighted by atomic mass is 10.0. The summed E-state index contributed by atoms with van der Waals surface area (Å²) < 4.78 is 0. The average Bonchev–Trinajstić information content (AvgIpc) is 4.02. The molecule has 0 saturated carbocycles. The van der Waals surface area contributed by atoms with Crippen LogP contribution in [0.2, 0.25) is 45.2 Å². The van der Waals surface area contributed by atoms with E-state index in [1.807, 2.05) is 54.6 Å². The molecule has 0 radical (unpaired) electrons. The lowest BCUT2D eigenvalue weighted by Gasteiger charge is -2.10. The van der Waals surface area contributed by atoms with Crippen molar-refractivity contribution in [1.82, 2.24) is 39.9 Å². The zero-order valence-corrected chi connectivity index (χ0v) is 39.0. The van der Waals surface area contributed by atoms with Crippen LogP contribution >= 0.6 is 104 Å². The fraction of sp³-hybridized carbons (Fsp3) is 0. The highest BCUT2D eigenvalue weighted by atomic mass is 35.5. The first kappa shape index (κ1) is 40.1. The molecule has 312 valence electrons. The van der Waals surface area contributed by atoms with Crippen molar-refractivity contribution in [1.29, 1.82) is 0 Å². The first-order valence-corrected chi connectivity index (χ1v) is 23.0. The zero-order valence-electron chi connectivity index (χ0n) is 32.2. The third kappa shape index (κ3) is 5.80. The molecular formula is C48H17Cl9N8. The van der Waals surface area contributed by atoms with Crippen LogP contribution in [0.5, 0.6) is 0 Å². The molecule has 2 aliphatic heterocycles. The van der Waals surface area contributed by atoms with E-state index in [9.17, 15) is 0 Å². The van der Waals surface area contributed by atoms with E-state index in [1.165, 1.54) is 0 Å². The maximum absolute atomic E-state index is 7.38. The number of benzene rings is 8. The third-order valence-electron chi connectivity index (χ3n) is 12.0. The predicted octanol–water partition coefficient (Wildman–Crippen LogP) is 17.4. The van der Waals surface area contributed by atoms with Crippen molar-refractivity contribution >= 4 is 192 Å². The molecule has 0 atom stereocenters. The van der Waals surface area contributed by atoms with Gasteiger partial charge >= 0.3 is 0 Å². The topological polar surface area (TPSA) is 109 Å². The molecule has 8 aromatic carbocycles. The Kier molecular flexibility index (Phi) is 8.87. The van der Waals surface area contributed by atoms with Gasteiger partial charge in [0.25, 0.3) is 0 Å². The van der Waals surface area contributed by atoms with Gasteiger partial charge in [0.05, 0.1) is 45.2 Å². The molecule has 0 spiro atoms. The minimum Gasteiger partial charge on any atom is -0.324 e. The Labute approximate surface area is 410 Å². The fourth-order valence-corrected chi connectivity index (χ4v) is 11.5. The minimum atomic E-state index is 0.222. The lowest BCUT2D eigenvalue weighted by molar-refractivity contribution is 1.19. The largest absolute Gasteiger partial charge is 0.324 e. The van der Waals surface area contributed by atoms with Gasteiger partial charge in [-0.25, -0.2) is 29.9 Å². The van der Waals surface area contributed by atoms with Crippen LogP contribution in [-0.4, -0.2) is 39.9 Å². The second-order valence-corrected chi connectivity index (χ2v) is 19.1. The van der Waals surface area contributed by atoms with Gasteiger partial charge in [0.1, 0.15) is 22.6 Å². The van der Waals surface area contributed by atoms with E-state index >= 15 is 0 Å². The number of rotatable bonds is 0. The number of nitrogens with one attached hydrogen (secondary N) is 2. The molecule has 0 aliphatic carbocycles. The number of halogens is 9. The highest BCUT2D eigenvalue weighted by Crippen LogP contribution is 2.50. The Hall–Kier alpha value is -5.23. The van der Waals surface area contributed by atoms with Crippen LogP contribution in [0.4, 0.5) is 0 Å². The summed E-state index contributed by atoms with van der Waals surface area (Å²) in [5.74, 6) is 1.11. The van der Waals surface area contributed by atoms with Gasteiger partial charge in [0.15, 0.2) is 23.3 Å². The summed E-state index contributed by atoms with van der Waals surface area (Å²) in [6.07, 6.45) is 0. The molecule has 13 rings (SSSR count). The maximum Gasteiger partial charge on any atom is 0.166 e. The second kappa shape index (κ2) is 14.4. The van der Waals surface area contributed by atoms with E-state index in [1.54, 1.807) is 24.3 Å². The number of hydrogen-bond acceptors (Lipinski definition) is 6. The lowest BCUT2D eigenvalue weighted by Crippen LogP contribution is -1.88. The molecule has 17 heteroatoms. The van der Waals surface area contributed by atoms with Crippen molar-refractivity contribution in [3.05, 3.63) is 136 Å². The number of aromatic amines is 2. The third-order valence-corrected chi connectivity index (χ3v) is 15.6. The van der Waals surface area contributed by atoms with Crippen LogP contribution < -0.4 is 0 Å². The molecule has 0 amide bonds. The van der Waals surface area contributed by atoms with Gasteiger partial charge < -0.3 is 9.97 Å². The molecule has 0 unspecified atom stereocenters. The number of nitrogens with zero attached hydrogens (tertiary/aromatic N) is 6. The van der Waals surface area contributed by atoms with Crippen molar-refractivity contribution < 1.29 is 0 Å². The van der Waals surface area contributed by atoms with Crippen molar-refractivity contribution in [2.24, 2.45) is 0 Å². The molecule has 2 aliphatic rings. The second-order valence-electron chi connectivity index (χ2n) is 15.6. The minimum absolute atomic E-state index is 0.222. The highest BCUT2D eigenvalue weighted by Gasteiger charge is 2.29. The first-order valence-electron chi connectivity index (χ1n) is 19.6. The highest BCUT2D eigenvalue weighted by molar-refractivity contribution is 6.51. The number of H-pyrrole nitrogens is 2. The molecule has 8 bridgehead atoms. The summed E-state index contributed by atoms with van der Waals surface area (Å²) in [6, 6.07) is 28.5. The predicted molar refractivity (Wildman–Crippen MR) is 271 cm³/mol. The Morgan fingerprint density at radius 3 is 1.32 bits per heavy atom. The molecule has 2 N–H and O–H groups in total.